The average molecular weight is 227 g/mol. The zero-order valence-electron chi connectivity index (χ0n) is 9.34. The average Bonchev–Trinajstić information content (AvgIpc) is 2.72. The van der Waals surface area contributed by atoms with Gasteiger partial charge >= 0.3 is 0 Å². The molecular formula is C13H13N3O. The summed E-state index contributed by atoms with van der Waals surface area (Å²) in [5, 5.41) is 4.20. The lowest BCUT2D eigenvalue weighted by atomic mass is 9.74. The summed E-state index contributed by atoms with van der Waals surface area (Å²) in [6.45, 7) is 0. The van der Waals surface area contributed by atoms with E-state index in [0.717, 1.165) is 18.6 Å². The molecule has 2 atom stereocenters. The number of carbonyl (C=O) groups is 1. The van der Waals surface area contributed by atoms with Crippen LogP contribution in [-0.2, 0) is 0 Å². The van der Waals surface area contributed by atoms with Gasteiger partial charge in [0.1, 0.15) is 0 Å². The molecule has 1 aromatic heterocycles. The van der Waals surface area contributed by atoms with Crippen LogP contribution in [0.3, 0.4) is 0 Å². The van der Waals surface area contributed by atoms with Gasteiger partial charge in [0.2, 0.25) is 0 Å². The number of fused-ring (bicyclic) bond motifs is 1. The molecule has 1 fully saturated rings. The Kier molecular flexibility index (Phi) is 2.48. The normalized spacial score (nSPS) is 27.6. The summed E-state index contributed by atoms with van der Waals surface area (Å²) in [7, 11) is 0. The van der Waals surface area contributed by atoms with Crippen molar-refractivity contribution in [2.45, 2.75) is 12.8 Å². The van der Waals surface area contributed by atoms with Crippen LogP contribution in [0, 0.1) is 11.8 Å². The van der Waals surface area contributed by atoms with E-state index < -0.39 is 0 Å². The number of hydrazone groups is 1. The largest absolute Gasteiger partial charge is 0.272 e. The molecule has 0 aromatic carbocycles. The van der Waals surface area contributed by atoms with Crippen molar-refractivity contribution in [2.24, 2.45) is 16.9 Å². The van der Waals surface area contributed by atoms with Crippen LogP contribution < -0.4 is 5.43 Å². The van der Waals surface area contributed by atoms with Crippen LogP contribution >= 0.6 is 0 Å². The summed E-state index contributed by atoms with van der Waals surface area (Å²) >= 11 is 0. The number of aromatic nitrogens is 1. The molecule has 1 heterocycles. The van der Waals surface area contributed by atoms with Crippen LogP contribution in [-0.4, -0.2) is 16.6 Å². The molecule has 2 aliphatic carbocycles. The van der Waals surface area contributed by atoms with Gasteiger partial charge in [0.15, 0.2) is 0 Å². The maximum atomic E-state index is 11.7. The Balaban J connectivity index is 1.62. The smallest absolute Gasteiger partial charge is 0.267 e. The van der Waals surface area contributed by atoms with Crippen molar-refractivity contribution in [1.29, 1.82) is 0 Å². The van der Waals surface area contributed by atoms with Gasteiger partial charge in [0, 0.05) is 24.0 Å². The van der Waals surface area contributed by atoms with Crippen molar-refractivity contribution >= 4 is 11.6 Å². The van der Waals surface area contributed by atoms with E-state index in [9.17, 15) is 4.79 Å². The Bertz CT molecular complexity index is 493. The molecule has 3 rings (SSSR count). The number of amides is 1. The topological polar surface area (TPSA) is 54.4 Å². The zero-order chi connectivity index (χ0) is 11.7. The minimum Gasteiger partial charge on any atom is -0.267 e. The molecule has 0 spiro atoms. The van der Waals surface area contributed by atoms with E-state index in [1.807, 2.05) is 0 Å². The first-order valence-corrected chi connectivity index (χ1v) is 5.78. The summed E-state index contributed by atoms with van der Waals surface area (Å²) in [6, 6.07) is 3.46. The highest BCUT2D eigenvalue weighted by Gasteiger charge is 2.37. The highest BCUT2D eigenvalue weighted by Crippen LogP contribution is 2.39. The Labute approximate surface area is 99.4 Å². The van der Waals surface area contributed by atoms with Gasteiger partial charge in [-0.05, 0) is 30.9 Å². The van der Waals surface area contributed by atoms with Crippen molar-refractivity contribution in [2.75, 3.05) is 0 Å². The Morgan fingerprint density at radius 1 is 1.53 bits per heavy atom. The van der Waals surface area contributed by atoms with Gasteiger partial charge in [0.25, 0.3) is 5.91 Å². The third kappa shape index (κ3) is 1.86. The maximum absolute atomic E-state index is 11.7. The molecule has 4 heteroatoms. The first-order valence-electron chi connectivity index (χ1n) is 5.78. The molecule has 1 amide bonds. The molecule has 0 radical (unpaired) electrons. The maximum Gasteiger partial charge on any atom is 0.272 e. The van der Waals surface area contributed by atoms with Crippen molar-refractivity contribution in [3.05, 3.63) is 42.2 Å². The SMILES string of the molecule is O=C(NN=C1C[C@H]2C=CC[C@@H]12)c1cccnc1. The van der Waals surface area contributed by atoms with Gasteiger partial charge in [-0.1, -0.05) is 12.2 Å². The number of nitrogens with one attached hydrogen (secondary N) is 1. The summed E-state index contributed by atoms with van der Waals surface area (Å²) in [5.74, 6) is 0.994. The second-order valence-electron chi connectivity index (χ2n) is 4.42. The third-order valence-corrected chi connectivity index (χ3v) is 3.39. The van der Waals surface area contributed by atoms with E-state index in [1.54, 1.807) is 18.3 Å². The lowest BCUT2D eigenvalue weighted by Gasteiger charge is -2.31. The lowest BCUT2D eigenvalue weighted by molar-refractivity contribution is 0.0953. The number of rotatable bonds is 2. The lowest BCUT2D eigenvalue weighted by Crippen LogP contribution is -2.35. The second-order valence-corrected chi connectivity index (χ2v) is 4.42. The monoisotopic (exact) mass is 227 g/mol. The number of hydrogen-bond donors (Lipinski definition) is 1. The molecule has 17 heavy (non-hydrogen) atoms. The van der Waals surface area contributed by atoms with Crippen LogP contribution in [0.5, 0.6) is 0 Å². The predicted octanol–water partition coefficient (Wildman–Crippen LogP) is 1.76. The Morgan fingerprint density at radius 3 is 3.24 bits per heavy atom. The number of allylic oxidation sites excluding steroid dienone is 2. The van der Waals surface area contributed by atoms with Crippen LogP contribution in [0.15, 0.2) is 41.8 Å². The van der Waals surface area contributed by atoms with Gasteiger partial charge in [-0.15, -0.1) is 0 Å². The van der Waals surface area contributed by atoms with Gasteiger partial charge < -0.3 is 0 Å². The van der Waals surface area contributed by atoms with Crippen molar-refractivity contribution < 1.29 is 4.79 Å². The molecule has 4 nitrogen and oxygen atoms in total. The molecule has 0 saturated heterocycles. The van der Waals surface area contributed by atoms with Gasteiger partial charge in [0.05, 0.1) is 5.56 Å². The fraction of sp³-hybridized carbons (Fsp3) is 0.308. The molecular weight excluding hydrogens is 214 g/mol. The van der Waals surface area contributed by atoms with E-state index in [-0.39, 0.29) is 5.91 Å². The second kappa shape index (κ2) is 4.13. The standard InChI is InChI=1S/C13H13N3O/c17-13(10-4-2-6-14-8-10)16-15-12-7-9-3-1-5-11(9)12/h1-4,6,8-9,11H,5,7H2,(H,16,17)/t9-,11-/m1/s1. The first kappa shape index (κ1) is 10.2. The van der Waals surface area contributed by atoms with Crippen LogP contribution in [0.2, 0.25) is 0 Å². The van der Waals surface area contributed by atoms with Crippen molar-refractivity contribution in [3.8, 4) is 0 Å². The fourth-order valence-corrected chi connectivity index (χ4v) is 2.35. The summed E-state index contributed by atoms with van der Waals surface area (Å²) in [4.78, 5) is 15.6. The van der Waals surface area contributed by atoms with Gasteiger partial charge in [-0.3, -0.25) is 9.78 Å². The van der Waals surface area contributed by atoms with E-state index in [2.05, 4.69) is 27.7 Å². The minimum atomic E-state index is -0.194. The first-order chi connectivity index (χ1) is 8.34. The summed E-state index contributed by atoms with van der Waals surface area (Å²) in [6.07, 6.45) is 9.66. The fourth-order valence-electron chi connectivity index (χ4n) is 2.35. The van der Waals surface area contributed by atoms with Crippen LogP contribution in [0.4, 0.5) is 0 Å². The molecule has 1 aromatic rings. The molecule has 1 N–H and O–H groups in total. The number of carbonyl (C=O) groups excluding carboxylic acids is 1. The number of hydrogen-bond acceptors (Lipinski definition) is 3. The highest BCUT2D eigenvalue weighted by molar-refractivity contribution is 5.97. The quantitative estimate of drug-likeness (QED) is 0.618. The number of nitrogens with zero attached hydrogens (tertiary/aromatic N) is 2. The third-order valence-electron chi connectivity index (χ3n) is 3.39. The van der Waals surface area contributed by atoms with Gasteiger partial charge in [-0.2, -0.15) is 5.10 Å². The Morgan fingerprint density at radius 2 is 2.47 bits per heavy atom. The molecule has 0 unspecified atom stereocenters. The summed E-state index contributed by atoms with van der Waals surface area (Å²) in [5.41, 5.74) is 4.24. The number of pyridine rings is 1. The zero-order valence-corrected chi connectivity index (χ0v) is 9.34. The molecule has 0 bridgehead atoms. The molecule has 2 aliphatic rings. The van der Waals surface area contributed by atoms with Crippen LogP contribution in [0.25, 0.3) is 0 Å². The van der Waals surface area contributed by atoms with E-state index in [0.29, 0.717) is 17.4 Å². The predicted molar refractivity (Wildman–Crippen MR) is 64.5 cm³/mol. The molecule has 86 valence electrons. The highest BCUT2D eigenvalue weighted by atomic mass is 16.2. The molecule has 1 saturated carbocycles. The van der Waals surface area contributed by atoms with Crippen LogP contribution in [0.1, 0.15) is 23.2 Å². The Hall–Kier alpha value is -1.97. The van der Waals surface area contributed by atoms with E-state index in [4.69, 9.17) is 0 Å². The summed E-state index contributed by atoms with van der Waals surface area (Å²) < 4.78 is 0. The van der Waals surface area contributed by atoms with E-state index in [1.165, 1.54) is 6.20 Å². The molecule has 0 aliphatic heterocycles. The van der Waals surface area contributed by atoms with Gasteiger partial charge in [-0.25, -0.2) is 5.43 Å². The van der Waals surface area contributed by atoms with Crippen molar-refractivity contribution in [1.82, 2.24) is 10.4 Å². The minimum absolute atomic E-state index is 0.194. The van der Waals surface area contributed by atoms with Crippen molar-refractivity contribution in [3.63, 3.8) is 0 Å². The van der Waals surface area contributed by atoms with E-state index >= 15 is 0 Å².